The van der Waals surface area contributed by atoms with Gasteiger partial charge in [0.15, 0.2) is 0 Å². The molecule has 0 N–H and O–H groups in total. The summed E-state index contributed by atoms with van der Waals surface area (Å²) in [6, 6.07) is 0.676. The molecule has 0 saturated carbocycles. The van der Waals surface area contributed by atoms with Crippen LogP contribution in [-0.4, -0.2) is 60.6 Å². The number of rotatable bonds is 5. The highest BCUT2D eigenvalue weighted by molar-refractivity contribution is 5.82. The first-order chi connectivity index (χ1) is 9.63. The molecule has 20 heavy (non-hydrogen) atoms. The van der Waals surface area contributed by atoms with E-state index in [1.54, 1.807) is 0 Å². The minimum Gasteiger partial charge on any atom is -0.381 e. The van der Waals surface area contributed by atoms with Crippen LogP contribution in [0.1, 0.15) is 46.5 Å². The predicted octanol–water partition coefficient (Wildman–Crippen LogP) is 2.13. The maximum atomic E-state index is 12.8. The van der Waals surface area contributed by atoms with E-state index in [4.69, 9.17) is 4.74 Å². The van der Waals surface area contributed by atoms with E-state index in [0.29, 0.717) is 17.9 Å². The summed E-state index contributed by atoms with van der Waals surface area (Å²) in [6.45, 7) is 11.0. The normalized spacial score (nSPS) is 25.3. The van der Waals surface area contributed by atoms with Gasteiger partial charge in [0.25, 0.3) is 0 Å². The first kappa shape index (κ1) is 15.8. The van der Waals surface area contributed by atoms with Crippen LogP contribution in [0.25, 0.3) is 0 Å². The Balaban J connectivity index is 1.99. The van der Waals surface area contributed by atoms with Crippen LogP contribution in [0.15, 0.2) is 0 Å². The molecule has 0 bridgehead atoms. The lowest BCUT2D eigenvalue weighted by Crippen LogP contribution is -2.51. The van der Waals surface area contributed by atoms with Gasteiger partial charge in [-0.2, -0.15) is 0 Å². The lowest BCUT2D eigenvalue weighted by Gasteiger charge is -2.37. The monoisotopic (exact) mass is 282 g/mol. The summed E-state index contributed by atoms with van der Waals surface area (Å²) in [6.07, 6.45) is 4.36. The number of carbonyl (C=O) groups excluding carboxylic acids is 1. The van der Waals surface area contributed by atoms with Crippen LogP contribution in [0.5, 0.6) is 0 Å². The molecule has 2 fully saturated rings. The molecule has 0 aliphatic carbocycles. The van der Waals surface area contributed by atoms with E-state index in [0.717, 1.165) is 58.5 Å². The number of hydrogen-bond acceptors (Lipinski definition) is 3. The Hall–Kier alpha value is -0.610. The molecule has 1 atom stereocenters. The van der Waals surface area contributed by atoms with Gasteiger partial charge in [-0.3, -0.25) is 9.69 Å². The summed E-state index contributed by atoms with van der Waals surface area (Å²) in [5.74, 6) is 0.891. The molecule has 116 valence electrons. The molecule has 0 aromatic carbocycles. The van der Waals surface area contributed by atoms with E-state index < -0.39 is 0 Å². The molecule has 2 aliphatic rings. The SMILES string of the molecule is CCN(CC(C)C)C(=O)C1CCCN1C1CCOCC1. The van der Waals surface area contributed by atoms with Crippen LogP contribution in [0.4, 0.5) is 0 Å². The number of likely N-dealkylation sites (N-methyl/N-ethyl adjacent to an activating group) is 1. The standard InChI is InChI=1S/C16H30N2O2/c1-4-17(12-13(2)3)16(19)15-6-5-9-18(15)14-7-10-20-11-8-14/h13-15H,4-12H2,1-3H3. The van der Waals surface area contributed by atoms with Gasteiger partial charge in [0.05, 0.1) is 6.04 Å². The van der Waals surface area contributed by atoms with E-state index in [9.17, 15) is 4.79 Å². The summed E-state index contributed by atoms with van der Waals surface area (Å²) in [4.78, 5) is 17.3. The van der Waals surface area contributed by atoms with Crippen molar-refractivity contribution in [2.24, 2.45) is 5.92 Å². The molecular formula is C16H30N2O2. The van der Waals surface area contributed by atoms with E-state index in [2.05, 4.69) is 25.7 Å². The third-order valence-electron chi connectivity index (χ3n) is 4.52. The Morgan fingerprint density at radius 2 is 2.00 bits per heavy atom. The first-order valence-electron chi connectivity index (χ1n) is 8.25. The number of nitrogens with zero attached hydrogens (tertiary/aromatic N) is 2. The third-order valence-corrected chi connectivity index (χ3v) is 4.52. The fraction of sp³-hybridized carbons (Fsp3) is 0.938. The van der Waals surface area contributed by atoms with Gasteiger partial charge < -0.3 is 9.64 Å². The first-order valence-corrected chi connectivity index (χ1v) is 8.25. The third kappa shape index (κ3) is 3.73. The Morgan fingerprint density at radius 3 is 2.60 bits per heavy atom. The van der Waals surface area contributed by atoms with Crippen molar-refractivity contribution in [2.45, 2.75) is 58.5 Å². The molecule has 0 aromatic rings. The maximum Gasteiger partial charge on any atom is 0.239 e. The largest absolute Gasteiger partial charge is 0.381 e. The Morgan fingerprint density at radius 1 is 1.30 bits per heavy atom. The maximum absolute atomic E-state index is 12.8. The van der Waals surface area contributed by atoms with E-state index in [-0.39, 0.29) is 6.04 Å². The fourth-order valence-corrected chi connectivity index (χ4v) is 3.53. The molecule has 2 rings (SSSR count). The van der Waals surface area contributed by atoms with Gasteiger partial charge in [0.2, 0.25) is 5.91 Å². The van der Waals surface area contributed by atoms with Gasteiger partial charge in [-0.1, -0.05) is 13.8 Å². The van der Waals surface area contributed by atoms with Gasteiger partial charge >= 0.3 is 0 Å². The number of carbonyl (C=O) groups is 1. The summed E-state index contributed by atoms with van der Waals surface area (Å²) in [7, 11) is 0. The van der Waals surface area contributed by atoms with Gasteiger partial charge in [-0.15, -0.1) is 0 Å². The van der Waals surface area contributed by atoms with Crippen molar-refractivity contribution < 1.29 is 9.53 Å². The van der Waals surface area contributed by atoms with Crippen molar-refractivity contribution >= 4 is 5.91 Å². The van der Waals surface area contributed by atoms with Gasteiger partial charge in [0.1, 0.15) is 0 Å². The summed E-state index contributed by atoms with van der Waals surface area (Å²) in [5.41, 5.74) is 0. The molecular weight excluding hydrogens is 252 g/mol. The minimum absolute atomic E-state index is 0.122. The van der Waals surface area contributed by atoms with Crippen molar-refractivity contribution in [3.05, 3.63) is 0 Å². The predicted molar refractivity (Wildman–Crippen MR) is 80.7 cm³/mol. The van der Waals surface area contributed by atoms with Crippen molar-refractivity contribution in [3.63, 3.8) is 0 Å². The number of likely N-dealkylation sites (tertiary alicyclic amines) is 1. The van der Waals surface area contributed by atoms with E-state index in [1.165, 1.54) is 0 Å². The topological polar surface area (TPSA) is 32.8 Å². The number of hydrogen-bond donors (Lipinski definition) is 0. The zero-order valence-corrected chi connectivity index (χ0v) is 13.3. The van der Waals surface area contributed by atoms with Crippen molar-refractivity contribution in [2.75, 3.05) is 32.8 Å². The van der Waals surface area contributed by atoms with Gasteiger partial charge in [-0.25, -0.2) is 0 Å². The highest BCUT2D eigenvalue weighted by Crippen LogP contribution is 2.26. The molecule has 4 nitrogen and oxygen atoms in total. The highest BCUT2D eigenvalue weighted by Gasteiger charge is 2.37. The second-order valence-electron chi connectivity index (χ2n) is 6.51. The van der Waals surface area contributed by atoms with Crippen molar-refractivity contribution in [1.29, 1.82) is 0 Å². The lowest BCUT2D eigenvalue weighted by atomic mass is 10.0. The van der Waals surface area contributed by atoms with Crippen LogP contribution in [0.3, 0.4) is 0 Å². The number of ether oxygens (including phenoxy) is 1. The molecule has 2 aliphatic heterocycles. The fourth-order valence-electron chi connectivity index (χ4n) is 3.53. The Kier molecular flexibility index (Phi) is 5.85. The van der Waals surface area contributed by atoms with Crippen LogP contribution in [0, 0.1) is 5.92 Å². The second kappa shape index (κ2) is 7.41. The van der Waals surface area contributed by atoms with Crippen molar-refractivity contribution in [3.8, 4) is 0 Å². The van der Waals surface area contributed by atoms with Crippen LogP contribution >= 0.6 is 0 Å². The van der Waals surface area contributed by atoms with Crippen LogP contribution in [0.2, 0.25) is 0 Å². The molecule has 0 aromatic heterocycles. The highest BCUT2D eigenvalue weighted by atomic mass is 16.5. The molecule has 2 heterocycles. The quantitative estimate of drug-likeness (QED) is 0.774. The Bertz CT molecular complexity index is 314. The molecule has 1 amide bonds. The summed E-state index contributed by atoms with van der Waals surface area (Å²) in [5, 5.41) is 0. The zero-order valence-electron chi connectivity index (χ0n) is 13.3. The van der Waals surface area contributed by atoms with Gasteiger partial charge in [0, 0.05) is 32.3 Å². The van der Waals surface area contributed by atoms with E-state index in [1.807, 2.05) is 4.90 Å². The molecule has 2 saturated heterocycles. The Labute approximate surface area is 123 Å². The second-order valence-corrected chi connectivity index (χ2v) is 6.51. The van der Waals surface area contributed by atoms with Crippen LogP contribution in [-0.2, 0) is 9.53 Å². The van der Waals surface area contributed by atoms with Crippen molar-refractivity contribution in [1.82, 2.24) is 9.80 Å². The molecule has 0 spiro atoms. The van der Waals surface area contributed by atoms with Gasteiger partial charge in [-0.05, 0) is 45.1 Å². The zero-order chi connectivity index (χ0) is 14.5. The number of amides is 1. The van der Waals surface area contributed by atoms with E-state index >= 15 is 0 Å². The summed E-state index contributed by atoms with van der Waals surface area (Å²) >= 11 is 0. The molecule has 1 unspecified atom stereocenters. The average molecular weight is 282 g/mol. The minimum atomic E-state index is 0.122. The smallest absolute Gasteiger partial charge is 0.239 e. The molecule has 0 radical (unpaired) electrons. The average Bonchev–Trinajstić information content (AvgIpc) is 2.94. The lowest BCUT2D eigenvalue weighted by molar-refractivity contribution is -0.137. The van der Waals surface area contributed by atoms with Crippen LogP contribution < -0.4 is 0 Å². The summed E-state index contributed by atoms with van der Waals surface area (Å²) < 4.78 is 5.45. The molecule has 4 heteroatoms.